The topological polar surface area (TPSA) is 74.2 Å². The van der Waals surface area contributed by atoms with E-state index in [4.69, 9.17) is 25.6 Å². The van der Waals surface area contributed by atoms with Crippen LogP contribution in [0.5, 0.6) is 0 Å². The minimum Gasteiger partial charge on any atom is -0.378 e. The van der Waals surface area contributed by atoms with Gasteiger partial charge < -0.3 is 14.0 Å². The van der Waals surface area contributed by atoms with Crippen LogP contribution in [0.4, 0.5) is 0 Å². The highest BCUT2D eigenvalue weighted by atomic mass is 35.5. The first kappa shape index (κ1) is 27.5. The molecule has 0 amide bonds. The van der Waals surface area contributed by atoms with Crippen LogP contribution in [-0.2, 0) is 24.0 Å². The maximum absolute atomic E-state index is 13.1. The fraction of sp³-hybridized carbons (Fsp3) is 0.321. The van der Waals surface area contributed by atoms with Crippen molar-refractivity contribution in [2.24, 2.45) is 4.40 Å². The van der Waals surface area contributed by atoms with Gasteiger partial charge in [-0.1, -0.05) is 71.8 Å². The lowest BCUT2D eigenvalue weighted by atomic mass is 9.89. The van der Waals surface area contributed by atoms with Gasteiger partial charge >= 0.3 is 7.32 Å². The molecule has 9 heteroatoms. The van der Waals surface area contributed by atoms with Crippen molar-refractivity contribution in [3.8, 4) is 0 Å². The average Bonchev–Trinajstić information content (AvgIpc) is 3.05. The molecule has 4 rings (SSSR count). The molecule has 0 N–H and O–H groups in total. The van der Waals surface area contributed by atoms with Crippen LogP contribution in [0.1, 0.15) is 56.4 Å². The van der Waals surface area contributed by atoms with Crippen molar-refractivity contribution >= 4 is 35.2 Å². The van der Waals surface area contributed by atoms with E-state index in [-0.39, 0.29) is 4.90 Å². The Kier molecular flexibility index (Phi) is 7.97. The molecule has 0 bridgehead atoms. The molecule has 1 aliphatic rings. The summed E-state index contributed by atoms with van der Waals surface area (Å²) < 4.78 is 48.9. The van der Waals surface area contributed by atoms with Gasteiger partial charge in [-0.25, -0.2) is 0 Å². The zero-order valence-electron chi connectivity index (χ0n) is 21.6. The molecule has 0 aliphatic carbocycles. The van der Waals surface area contributed by atoms with Crippen molar-refractivity contribution in [2.45, 2.75) is 62.7 Å². The van der Waals surface area contributed by atoms with Gasteiger partial charge in [0.15, 0.2) is 0 Å². The van der Waals surface area contributed by atoms with Gasteiger partial charge in [0, 0.05) is 17.2 Å². The molecule has 0 spiro atoms. The van der Waals surface area contributed by atoms with Gasteiger partial charge in [0.2, 0.25) is 0 Å². The van der Waals surface area contributed by atoms with E-state index in [9.17, 15) is 8.42 Å². The van der Waals surface area contributed by atoms with Crippen molar-refractivity contribution in [3.63, 3.8) is 0 Å². The molecule has 37 heavy (non-hydrogen) atoms. The third-order valence-electron chi connectivity index (χ3n) is 6.88. The predicted octanol–water partition coefficient (Wildman–Crippen LogP) is 6.54. The smallest absolute Gasteiger partial charge is 0.378 e. The summed E-state index contributed by atoms with van der Waals surface area (Å²) in [5, 5.41) is 0.574. The van der Waals surface area contributed by atoms with Crippen LogP contribution in [0.2, 0.25) is 5.02 Å². The molecule has 3 aromatic rings. The van der Waals surface area contributed by atoms with Gasteiger partial charge in [0.05, 0.1) is 22.2 Å². The van der Waals surface area contributed by atoms with Crippen LogP contribution < -0.4 is 0 Å². The fourth-order valence-electron chi connectivity index (χ4n) is 3.92. The quantitative estimate of drug-likeness (QED) is 0.240. The van der Waals surface area contributed by atoms with Gasteiger partial charge in [-0.15, -0.1) is 0 Å². The van der Waals surface area contributed by atoms with Crippen molar-refractivity contribution in [3.05, 3.63) is 101 Å². The molecule has 2 atom stereocenters. The summed E-state index contributed by atoms with van der Waals surface area (Å²) in [6.45, 7) is 9.67. The molecule has 1 fully saturated rings. The number of nitrogens with zero attached hydrogens (tertiary/aromatic N) is 1. The Morgan fingerprint density at radius 2 is 1.43 bits per heavy atom. The average molecular weight is 540 g/mol. The van der Waals surface area contributed by atoms with Crippen molar-refractivity contribution in [2.75, 3.05) is 0 Å². The molecular formula is C28H31BClNO5S. The molecule has 0 saturated carbocycles. The normalized spacial score (nSPS) is 18.7. The van der Waals surface area contributed by atoms with Crippen LogP contribution in [0, 0.1) is 6.92 Å². The third-order valence-corrected chi connectivity index (χ3v) is 8.40. The maximum atomic E-state index is 13.1. The lowest BCUT2D eigenvalue weighted by Gasteiger charge is -2.31. The van der Waals surface area contributed by atoms with Crippen LogP contribution >= 0.6 is 11.6 Å². The fourth-order valence-corrected chi connectivity index (χ4v) is 4.94. The van der Waals surface area contributed by atoms with Gasteiger partial charge in [0.25, 0.3) is 10.0 Å². The second-order valence-electron chi connectivity index (χ2n) is 10.1. The van der Waals surface area contributed by atoms with E-state index in [1.54, 1.807) is 36.4 Å². The zero-order chi connectivity index (χ0) is 26.8. The number of benzene rings is 3. The molecule has 6 nitrogen and oxygen atoms in total. The molecule has 3 aromatic carbocycles. The van der Waals surface area contributed by atoms with Crippen LogP contribution in [0.15, 0.2) is 88.2 Å². The Balaban J connectivity index is 1.76. The number of rotatable bonds is 8. The first-order chi connectivity index (χ1) is 17.4. The maximum Gasteiger partial charge on any atom is 0.640 e. The summed E-state index contributed by atoms with van der Waals surface area (Å²) in [4.78, 5) is 0.121. The summed E-state index contributed by atoms with van der Waals surface area (Å²) in [6, 6.07) is 23.3. The van der Waals surface area contributed by atoms with E-state index in [0.29, 0.717) is 5.02 Å². The summed E-state index contributed by atoms with van der Waals surface area (Å²) >= 11 is 6.16. The Morgan fingerprint density at radius 1 is 0.865 bits per heavy atom. The number of halogens is 1. The SMILES string of the molecule is Cc1ccc(S(=O)(=O)/N=C/[C@@H](c2ccccc2)[C@H](OB2OC(C)(C)C(C)(C)O2)c2ccc(Cl)cc2)cc1. The number of hydrogen-bond donors (Lipinski definition) is 0. The lowest BCUT2D eigenvalue weighted by Crippen LogP contribution is -2.41. The summed E-state index contributed by atoms with van der Waals surface area (Å²) in [5.74, 6) is -0.582. The molecule has 0 radical (unpaired) electrons. The van der Waals surface area contributed by atoms with Crippen molar-refractivity contribution in [1.82, 2.24) is 0 Å². The Hall–Kier alpha value is -2.49. The predicted molar refractivity (Wildman–Crippen MR) is 147 cm³/mol. The number of sulfonamides is 1. The van der Waals surface area contributed by atoms with E-state index in [0.717, 1.165) is 16.7 Å². The minimum atomic E-state index is -3.94. The summed E-state index contributed by atoms with van der Waals surface area (Å²) in [7, 11) is -4.91. The molecule has 1 heterocycles. The van der Waals surface area contributed by atoms with Gasteiger partial charge in [-0.05, 0) is 70.0 Å². The number of hydrogen-bond acceptors (Lipinski definition) is 5. The van der Waals surface area contributed by atoms with Crippen LogP contribution in [0.3, 0.4) is 0 Å². The highest BCUT2D eigenvalue weighted by molar-refractivity contribution is 7.90. The van der Waals surface area contributed by atoms with E-state index >= 15 is 0 Å². The van der Waals surface area contributed by atoms with Crippen molar-refractivity contribution in [1.29, 1.82) is 0 Å². The van der Waals surface area contributed by atoms with E-state index < -0.39 is 40.6 Å². The zero-order valence-corrected chi connectivity index (χ0v) is 23.2. The largest absolute Gasteiger partial charge is 0.640 e. The molecule has 0 aromatic heterocycles. The second kappa shape index (κ2) is 10.7. The first-order valence-electron chi connectivity index (χ1n) is 12.1. The standard InChI is InChI=1S/C28H31BClNO5S/c1-20-11-17-24(18-12-20)37(32,33)31-19-25(21-9-7-6-8-10-21)26(22-13-15-23(30)16-14-22)34-29-35-27(2,3)28(4,5)36-29/h6-19,25-26H,1-5H3/b31-19+/t25-,26+/m0/s1. The van der Waals surface area contributed by atoms with Crippen LogP contribution in [0.25, 0.3) is 0 Å². The summed E-state index contributed by atoms with van der Waals surface area (Å²) in [5.41, 5.74) is 1.35. The van der Waals surface area contributed by atoms with Crippen molar-refractivity contribution < 1.29 is 22.4 Å². The van der Waals surface area contributed by atoms with E-state index in [1.807, 2.05) is 77.1 Å². The monoisotopic (exact) mass is 539 g/mol. The Labute approximate surface area is 224 Å². The summed E-state index contributed by atoms with van der Waals surface area (Å²) in [6.07, 6.45) is 0.737. The second-order valence-corrected chi connectivity index (χ2v) is 12.2. The van der Waals surface area contributed by atoms with Gasteiger partial charge in [-0.3, -0.25) is 0 Å². The van der Waals surface area contributed by atoms with Gasteiger partial charge in [0.1, 0.15) is 0 Å². The molecule has 1 aliphatic heterocycles. The van der Waals surface area contributed by atoms with E-state index in [1.165, 1.54) is 6.21 Å². The third kappa shape index (κ3) is 6.33. The molecular weight excluding hydrogens is 509 g/mol. The van der Waals surface area contributed by atoms with Crippen LogP contribution in [-0.4, -0.2) is 33.2 Å². The highest BCUT2D eigenvalue weighted by Crippen LogP contribution is 2.41. The first-order valence-corrected chi connectivity index (χ1v) is 13.9. The molecule has 0 unspecified atom stereocenters. The minimum absolute atomic E-state index is 0.121. The molecule has 194 valence electrons. The highest BCUT2D eigenvalue weighted by Gasteiger charge is 2.54. The Morgan fingerprint density at radius 3 is 2.00 bits per heavy atom. The molecule has 1 saturated heterocycles. The lowest BCUT2D eigenvalue weighted by molar-refractivity contribution is 0.00578. The van der Waals surface area contributed by atoms with E-state index in [2.05, 4.69) is 4.40 Å². The van der Waals surface area contributed by atoms with Gasteiger partial charge in [-0.2, -0.15) is 12.8 Å². The Bertz CT molecular complexity index is 1330. The number of aryl methyl sites for hydroxylation is 1.